The zero-order chi connectivity index (χ0) is 15.7. The standard InChI is InChI=1S/C16H26N4O/c1-15(2,3)14-18-9-11(10-19-14)20-13(21)12-7-5-6-8-16(12,4)17/h9-10,12H,5-8,17H2,1-4H3,(H,20,21). The summed E-state index contributed by atoms with van der Waals surface area (Å²) < 4.78 is 0. The lowest BCUT2D eigenvalue weighted by Crippen LogP contribution is -2.51. The number of carbonyl (C=O) groups excluding carboxylic acids is 1. The quantitative estimate of drug-likeness (QED) is 0.877. The van der Waals surface area contributed by atoms with E-state index >= 15 is 0 Å². The van der Waals surface area contributed by atoms with Crippen molar-refractivity contribution in [2.45, 2.75) is 64.3 Å². The smallest absolute Gasteiger partial charge is 0.229 e. The second kappa shape index (κ2) is 5.72. The highest BCUT2D eigenvalue weighted by Gasteiger charge is 2.37. The monoisotopic (exact) mass is 290 g/mol. The van der Waals surface area contributed by atoms with Crippen LogP contribution in [0, 0.1) is 5.92 Å². The van der Waals surface area contributed by atoms with Gasteiger partial charge in [-0.3, -0.25) is 4.79 Å². The first-order valence-corrected chi connectivity index (χ1v) is 7.62. The molecule has 5 nitrogen and oxygen atoms in total. The summed E-state index contributed by atoms with van der Waals surface area (Å²) in [5.41, 5.74) is 6.38. The average Bonchev–Trinajstić information content (AvgIpc) is 2.37. The van der Waals surface area contributed by atoms with Gasteiger partial charge >= 0.3 is 0 Å². The second-order valence-corrected chi connectivity index (χ2v) is 7.34. The minimum Gasteiger partial charge on any atom is -0.325 e. The van der Waals surface area contributed by atoms with Gasteiger partial charge in [-0.05, 0) is 19.8 Å². The Morgan fingerprint density at radius 2 is 1.95 bits per heavy atom. The lowest BCUT2D eigenvalue weighted by molar-refractivity contribution is -0.122. The van der Waals surface area contributed by atoms with Gasteiger partial charge in [0.2, 0.25) is 5.91 Å². The van der Waals surface area contributed by atoms with Crippen LogP contribution >= 0.6 is 0 Å². The zero-order valence-corrected chi connectivity index (χ0v) is 13.4. The van der Waals surface area contributed by atoms with Gasteiger partial charge in [-0.15, -0.1) is 0 Å². The van der Waals surface area contributed by atoms with Crippen LogP contribution in [-0.2, 0) is 10.2 Å². The Bertz CT molecular complexity index is 502. The number of hydrogen-bond acceptors (Lipinski definition) is 4. The second-order valence-electron chi connectivity index (χ2n) is 7.34. The SMILES string of the molecule is CC(C)(C)c1ncc(NC(=O)C2CCCCC2(C)N)cn1. The number of carbonyl (C=O) groups is 1. The lowest BCUT2D eigenvalue weighted by atomic mass is 9.74. The van der Waals surface area contributed by atoms with E-state index in [4.69, 9.17) is 5.73 Å². The Balaban J connectivity index is 2.06. The molecule has 0 radical (unpaired) electrons. The van der Waals surface area contributed by atoms with E-state index in [1.54, 1.807) is 12.4 Å². The molecule has 5 heteroatoms. The number of rotatable bonds is 2. The normalized spacial score (nSPS) is 26.4. The first-order chi connectivity index (χ1) is 9.70. The first kappa shape index (κ1) is 15.9. The largest absolute Gasteiger partial charge is 0.325 e. The molecule has 1 aliphatic carbocycles. The van der Waals surface area contributed by atoms with Gasteiger partial charge in [-0.1, -0.05) is 33.6 Å². The van der Waals surface area contributed by atoms with Gasteiger partial charge in [0, 0.05) is 11.0 Å². The van der Waals surface area contributed by atoms with Gasteiger partial charge in [-0.2, -0.15) is 0 Å². The van der Waals surface area contributed by atoms with Crippen LogP contribution in [0.1, 0.15) is 59.2 Å². The molecule has 1 amide bonds. The fraction of sp³-hybridized carbons (Fsp3) is 0.688. The summed E-state index contributed by atoms with van der Waals surface area (Å²) in [6, 6.07) is 0. The van der Waals surface area contributed by atoms with Crippen LogP contribution in [0.15, 0.2) is 12.4 Å². The van der Waals surface area contributed by atoms with E-state index < -0.39 is 5.54 Å². The number of nitrogens with one attached hydrogen (secondary N) is 1. The van der Waals surface area contributed by atoms with Crippen molar-refractivity contribution in [1.82, 2.24) is 9.97 Å². The summed E-state index contributed by atoms with van der Waals surface area (Å²) >= 11 is 0. The van der Waals surface area contributed by atoms with E-state index in [1.165, 1.54) is 0 Å². The number of hydrogen-bond donors (Lipinski definition) is 2. The summed E-state index contributed by atoms with van der Waals surface area (Å²) in [6.45, 7) is 8.14. The van der Waals surface area contributed by atoms with Crippen LogP contribution in [0.4, 0.5) is 5.69 Å². The van der Waals surface area contributed by atoms with Crippen LogP contribution in [0.25, 0.3) is 0 Å². The average molecular weight is 290 g/mol. The first-order valence-electron chi connectivity index (χ1n) is 7.62. The number of nitrogens with two attached hydrogens (primary N) is 1. The Kier molecular flexibility index (Phi) is 4.33. The highest BCUT2D eigenvalue weighted by atomic mass is 16.2. The maximum Gasteiger partial charge on any atom is 0.229 e. The molecule has 1 saturated carbocycles. The molecule has 1 aliphatic rings. The molecule has 0 spiro atoms. The fourth-order valence-electron chi connectivity index (χ4n) is 2.80. The fourth-order valence-corrected chi connectivity index (χ4v) is 2.80. The number of aromatic nitrogens is 2. The molecule has 1 fully saturated rings. The molecule has 2 rings (SSSR count). The Morgan fingerprint density at radius 1 is 1.33 bits per heavy atom. The van der Waals surface area contributed by atoms with Gasteiger partial charge in [-0.25, -0.2) is 9.97 Å². The molecule has 2 unspecified atom stereocenters. The van der Waals surface area contributed by atoms with Crippen LogP contribution in [-0.4, -0.2) is 21.4 Å². The molecule has 1 heterocycles. The molecule has 1 aromatic heterocycles. The third kappa shape index (κ3) is 3.79. The molecule has 1 aromatic rings. The van der Waals surface area contributed by atoms with Gasteiger partial charge in [0.15, 0.2) is 0 Å². The van der Waals surface area contributed by atoms with E-state index in [0.717, 1.165) is 31.5 Å². The molecular weight excluding hydrogens is 264 g/mol. The highest BCUT2D eigenvalue weighted by Crippen LogP contribution is 2.32. The number of nitrogens with zero attached hydrogens (tertiary/aromatic N) is 2. The summed E-state index contributed by atoms with van der Waals surface area (Å²) in [5.74, 6) is 0.599. The van der Waals surface area contributed by atoms with Gasteiger partial charge in [0.1, 0.15) is 5.82 Å². The van der Waals surface area contributed by atoms with E-state index in [2.05, 4.69) is 36.1 Å². The summed E-state index contributed by atoms with van der Waals surface area (Å²) in [4.78, 5) is 21.1. The van der Waals surface area contributed by atoms with Crippen molar-refractivity contribution >= 4 is 11.6 Å². The Hall–Kier alpha value is -1.49. The minimum atomic E-state index is -0.422. The third-order valence-electron chi connectivity index (χ3n) is 4.16. The van der Waals surface area contributed by atoms with Crippen molar-refractivity contribution in [1.29, 1.82) is 0 Å². The third-order valence-corrected chi connectivity index (χ3v) is 4.16. The molecule has 0 aromatic carbocycles. The van der Waals surface area contributed by atoms with Crippen molar-refractivity contribution in [3.05, 3.63) is 18.2 Å². The van der Waals surface area contributed by atoms with Crippen molar-refractivity contribution in [3.8, 4) is 0 Å². The van der Waals surface area contributed by atoms with Crippen LogP contribution < -0.4 is 11.1 Å². The van der Waals surface area contributed by atoms with Crippen LogP contribution in [0.3, 0.4) is 0 Å². The van der Waals surface area contributed by atoms with E-state index in [0.29, 0.717) is 5.69 Å². The maximum atomic E-state index is 12.4. The molecular formula is C16H26N4O. The van der Waals surface area contributed by atoms with Crippen molar-refractivity contribution < 1.29 is 4.79 Å². The number of anilines is 1. The molecule has 0 aliphatic heterocycles. The van der Waals surface area contributed by atoms with Crippen molar-refractivity contribution in [2.75, 3.05) is 5.32 Å². The van der Waals surface area contributed by atoms with Gasteiger partial charge in [0.25, 0.3) is 0 Å². The Morgan fingerprint density at radius 3 is 2.48 bits per heavy atom. The van der Waals surface area contributed by atoms with Crippen LogP contribution in [0.5, 0.6) is 0 Å². The molecule has 0 bridgehead atoms. The molecule has 0 saturated heterocycles. The van der Waals surface area contributed by atoms with Gasteiger partial charge < -0.3 is 11.1 Å². The van der Waals surface area contributed by atoms with E-state index in [-0.39, 0.29) is 17.2 Å². The zero-order valence-electron chi connectivity index (χ0n) is 13.4. The highest BCUT2D eigenvalue weighted by molar-refractivity contribution is 5.93. The predicted octanol–water partition coefficient (Wildman–Crippen LogP) is 2.62. The molecule has 116 valence electrons. The van der Waals surface area contributed by atoms with Gasteiger partial charge in [0.05, 0.1) is 24.0 Å². The predicted molar refractivity (Wildman–Crippen MR) is 83.9 cm³/mol. The summed E-state index contributed by atoms with van der Waals surface area (Å²) in [6.07, 6.45) is 7.24. The summed E-state index contributed by atoms with van der Waals surface area (Å²) in [7, 11) is 0. The van der Waals surface area contributed by atoms with Crippen LogP contribution in [0.2, 0.25) is 0 Å². The topological polar surface area (TPSA) is 80.9 Å². The van der Waals surface area contributed by atoms with Crippen molar-refractivity contribution in [3.63, 3.8) is 0 Å². The number of amides is 1. The molecule has 3 N–H and O–H groups in total. The van der Waals surface area contributed by atoms with Crippen molar-refractivity contribution in [2.24, 2.45) is 11.7 Å². The molecule has 2 atom stereocenters. The van der Waals surface area contributed by atoms with E-state index in [9.17, 15) is 4.79 Å². The maximum absolute atomic E-state index is 12.4. The molecule has 21 heavy (non-hydrogen) atoms. The minimum absolute atomic E-state index is 0.0215. The Labute approximate surface area is 126 Å². The lowest BCUT2D eigenvalue weighted by Gasteiger charge is -2.37. The van der Waals surface area contributed by atoms with E-state index in [1.807, 2.05) is 6.92 Å². The summed E-state index contributed by atoms with van der Waals surface area (Å²) in [5, 5.41) is 2.90.